The number of likely N-dealkylation sites (tertiary alicyclic amines) is 1. The van der Waals surface area contributed by atoms with Crippen molar-refractivity contribution in [3.63, 3.8) is 0 Å². The van der Waals surface area contributed by atoms with E-state index in [2.05, 4.69) is 9.59 Å². The Kier molecular flexibility index (Phi) is 5.14. The topological polar surface area (TPSA) is 80.2 Å². The Morgan fingerprint density at radius 3 is 2.52 bits per heavy atom. The molecule has 1 aliphatic heterocycles. The quantitative estimate of drug-likeness (QED) is 0.807. The van der Waals surface area contributed by atoms with Crippen LogP contribution in [0.15, 0.2) is 28.5 Å². The van der Waals surface area contributed by atoms with Gasteiger partial charge in [0.25, 0.3) is 0 Å². The van der Waals surface area contributed by atoms with Crippen LogP contribution in [0.2, 0.25) is 0 Å². The van der Waals surface area contributed by atoms with E-state index in [9.17, 15) is 17.6 Å². The van der Waals surface area contributed by atoms with Crippen molar-refractivity contribution in [2.45, 2.75) is 29.4 Å². The van der Waals surface area contributed by atoms with Gasteiger partial charge in [-0.15, -0.1) is 5.10 Å². The number of rotatable bonds is 4. The fourth-order valence-corrected chi connectivity index (χ4v) is 4.72. The molecule has 0 saturated carbocycles. The molecule has 1 aliphatic rings. The molecule has 2 heterocycles. The van der Waals surface area contributed by atoms with Gasteiger partial charge in [-0.05, 0) is 30.5 Å². The van der Waals surface area contributed by atoms with Gasteiger partial charge in [-0.2, -0.15) is 0 Å². The Morgan fingerprint density at radius 2 is 1.92 bits per heavy atom. The van der Waals surface area contributed by atoms with Crippen LogP contribution in [0.1, 0.15) is 30.0 Å². The van der Waals surface area contributed by atoms with Gasteiger partial charge < -0.3 is 4.90 Å². The summed E-state index contributed by atoms with van der Waals surface area (Å²) in [5, 5.41) is 4.00. The molecular formula is C16H18FN3O3S2. The summed E-state index contributed by atoms with van der Waals surface area (Å²) in [7, 11) is -3.33. The predicted molar refractivity (Wildman–Crippen MR) is 91.7 cm³/mol. The number of carbonyl (C=O) groups excluding carboxylic acids is 1. The molecule has 1 fully saturated rings. The minimum Gasteiger partial charge on any atom is -0.342 e. The number of sulfone groups is 1. The lowest BCUT2D eigenvalue weighted by Gasteiger charge is -2.31. The molecule has 1 amide bonds. The summed E-state index contributed by atoms with van der Waals surface area (Å²) in [5.41, 5.74) is 1.30. The van der Waals surface area contributed by atoms with E-state index in [1.54, 1.807) is 17.0 Å². The van der Waals surface area contributed by atoms with Gasteiger partial charge in [0.1, 0.15) is 5.82 Å². The van der Waals surface area contributed by atoms with Crippen LogP contribution in [0.4, 0.5) is 4.39 Å². The van der Waals surface area contributed by atoms with Crippen LogP contribution in [0, 0.1) is 5.82 Å². The van der Waals surface area contributed by atoms with Crippen molar-refractivity contribution in [2.75, 3.05) is 19.3 Å². The maximum absolute atomic E-state index is 12.9. The number of piperidine rings is 1. The smallest absolute Gasteiger partial charge is 0.226 e. The highest BCUT2D eigenvalue weighted by Crippen LogP contribution is 2.32. The molecule has 134 valence electrons. The number of carbonyl (C=O) groups is 1. The average molecular weight is 383 g/mol. The largest absolute Gasteiger partial charge is 0.342 e. The Labute approximate surface area is 149 Å². The molecule has 3 rings (SSSR count). The van der Waals surface area contributed by atoms with E-state index in [-0.39, 0.29) is 28.3 Å². The molecule has 0 aliphatic carbocycles. The maximum Gasteiger partial charge on any atom is 0.226 e. The Morgan fingerprint density at radius 1 is 1.28 bits per heavy atom. The third kappa shape index (κ3) is 4.21. The van der Waals surface area contributed by atoms with Gasteiger partial charge in [-0.25, -0.2) is 12.8 Å². The van der Waals surface area contributed by atoms with Crippen molar-refractivity contribution in [2.24, 2.45) is 0 Å². The number of aromatic nitrogens is 2. The van der Waals surface area contributed by atoms with Crippen LogP contribution in [0.25, 0.3) is 0 Å². The average Bonchev–Trinajstić information content (AvgIpc) is 3.07. The zero-order valence-electron chi connectivity index (χ0n) is 13.7. The number of halogens is 1. The third-order valence-corrected chi connectivity index (χ3v) is 6.87. The first-order valence-corrected chi connectivity index (χ1v) is 10.6. The summed E-state index contributed by atoms with van der Waals surface area (Å²) in [6.45, 7) is 1.09. The highest BCUT2D eigenvalue weighted by atomic mass is 32.2. The van der Waals surface area contributed by atoms with Crippen molar-refractivity contribution in [3.05, 3.63) is 41.3 Å². The van der Waals surface area contributed by atoms with E-state index < -0.39 is 9.84 Å². The summed E-state index contributed by atoms with van der Waals surface area (Å²) in [6.07, 6.45) is 2.71. The second-order valence-electron chi connectivity index (χ2n) is 6.18. The first kappa shape index (κ1) is 17.9. The van der Waals surface area contributed by atoms with Crippen molar-refractivity contribution < 1.29 is 17.6 Å². The summed E-state index contributed by atoms with van der Waals surface area (Å²) in [5.74, 6) is -0.335. The highest BCUT2D eigenvalue weighted by molar-refractivity contribution is 7.92. The van der Waals surface area contributed by atoms with E-state index in [0.717, 1.165) is 23.4 Å². The molecule has 2 aromatic rings. The first-order valence-electron chi connectivity index (χ1n) is 7.89. The summed E-state index contributed by atoms with van der Waals surface area (Å²) < 4.78 is 40.5. The summed E-state index contributed by atoms with van der Waals surface area (Å²) in [4.78, 5) is 14.1. The number of benzene rings is 1. The van der Waals surface area contributed by atoms with Gasteiger partial charge in [0, 0.05) is 36.8 Å². The lowest BCUT2D eigenvalue weighted by Crippen LogP contribution is -2.39. The van der Waals surface area contributed by atoms with E-state index in [1.807, 2.05) is 0 Å². The molecule has 0 radical (unpaired) electrons. The molecule has 6 nitrogen and oxygen atoms in total. The van der Waals surface area contributed by atoms with E-state index in [4.69, 9.17) is 0 Å². The predicted octanol–water partition coefficient (Wildman–Crippen LogP) is 2.03. The van der Waals surface area contributed by atoms with Gasteiger partial charge in [-0.1, -0.05) is 16.6 Å². The molecule has 0 bridgehead atoms. The molecule has 0 spiro atoms. The molecular weight excluding hydrogens is 365 g/mol. The van der Waals surface area contributed by atoms with Crippen LogP contribution in [-0.2, 0) is 21.1 Å². The Hall–Kier alpha value is -1.87. The minimum absolute atomic E-state index is 0.00153. The van der Waals surface area contributed by atoms with Crippen LogP contribution >= 0.6 is 11.5 Å². The molecule has 1 aromatic carbocycles. The van der Waals surface area contributed by atoms with Crippen LogP contribution in [0.3, 0.4) is 0 Å². The normalized spacial score (nSPS) is 16.2. The van der Waals surface area contributed by atoms with Gasteiger partial charge in [-0.3, -0.25) is 4.79 Å². The van der Waals surface area contributed by atoms with Crippen LogP contribution in [0.5, 0.6) is 0 Å². The molecule has 9 heteroatoms. The molecule has 0 N–H and O–H groups in total. The molecule has 1 saturated heterocycles. The number of hydrogen-bond donors (Lipinski definition) is 0. The van der Waals surface area contributed by atoms with Crippen molar-refractivity contribution in [1.82, 2.24) is 14.5 Å². The first-order chi connectivity index (χ1) is 11.8. The Bertz CT molecular complexity index is 857. The van der Waals surface area contributed by atoms with E-state index >= 15 is 0 Å². The minimum atomic E-state index is -3.33. The third-order valence-electron chi connectivity index (χ3n) is 4.32. The summed E-state index contributed by atoms with van der Waals surface area (Å²) in [6, 6.07) is 5.91. The van der Waals surface area contributed by atoms with Gasteiger partial charge in [0.2, 0.25) is 5.91 Å². The zero-order chi connectivity index (χ0) is 18.0. The fourth-order valence-electron chi connectivity index (χ4n) is 2.99. The standard InChI is InChI=1S/C16H18FN3O3S2/c1-25(22,23)16-15(18-19-24-16)12-6-8-20(9-7-12)14(21)10-11-2-4-13(17)5-3-11/h2-5,12H,6-10H2,1H3. The van der Waals surface area contributed by atoms with Crippen molar-refractivity contribution in [3.8, 4) is 0 Å². The Balaban J connectivity index is 1.61. The van der Waals surface area contributed by atoms with E-state index in [0.29, 0.717) is 31.6 Å². The van der Waals surface area contributed by atoms with Crippen molar-refractivity contribution in [1.29, 1.82) is 0 Å². The highest BCUT2D eigenvalue weighted by Gasteiger charge is 2.30. The van der Waals surface area contributed by atoms with Crippen LogP contribution in [-0.4, -0.2) is 48.2 Å². The number of hydrogen-bond acceptors (Lipinski definition) is 6. The maximum atomic E-state index is 12.9. The SMILES string of the molecule is CS(=O)(=O)c1snnc1C1CCN(C(=O)Cc2ccc(F)cc2)CC1. The molecule has 0 unspecified atom stereocenters. The van der Waals surface area contributed by atoms with E-state index in [1.165, 1.54) is 12.1 Å². The number of amides is 1. The monoisotopic (exact) mass is 383 g/mol. The fraction of sp³-hybridized carbons (Fsp3) is 0.438. The number of nitrogens with zero attached hydrogens (tertiary/aromatic N) is 3. The van der Waals surface area contributed by atoms with Gasteiger partial charge in [0.05, 0.1) is 12.1 Å². The molecule has 0 atom stereocenters. The molecule has 25 heavy (non-hydrogen) atoms. The second-order valence-corrected chi connectivity index (χ2v) is 9.14. The summed E-state index contributed by atoms with van der Waals surface area (Å²) >= 11 is 0.900. The van der Waals surface area contributed by atoms with Crippen LogP contribution < -0.4 is 0 Å². The van der Waals surface area contributed by atoms with Gasteiger partial charge >= 0.3 is 0 Å². The lowest BCUT2D eigenvalue weighted by molar-refractivity contribution is -0.131. The molecule has 1 aromatic heterocycles. The zero-order valence-corrected chi connectivity index (χ0v) is 15.3. The van der Waals surface area contributed by atoms with Gasteiger partial charge in [0.15, 0.2) is 14.0 Å². The van der Waals surface area contributed by atoms with Crippen molar-refractivity contribution >= 4 is 27.3 Å². The second kappa shape index (κ2) is 7.17. The lowest BCUT2D eigenvalue weighted by atomic mass is 9.94.